The number of nitrogens with zero attached hydrogens (tertiary/aromatic N) is 3. The van der Waals surface area contributed by atoms with E-state index in [9.17, 15) is 9.59 Å². The molecule has 2 N–H and O–H groups in total. The van der Waals surface area contributed by atoms with Gasteiger partial charge >= 0.3 is 0 Å². The number of hydrogen-bond donors (Lipinski definition) is 1. The van der Waals surface area contributed by atoms with Gasteiger partial charge in [0.15, 0.2) is 0 Å². The summed E-state index contributed by atoms with van der Waals surface area (Å²) in [5.74, 6) is 1.40. The second kappa shape index (κ2) is 9.08. The van der Waals surface area contributed by atoms with Crippen LogP contribution in [-0.2, 0) is 11.3 Å². The third-order valence-electron chi connectivity index (χ3n) is 5.38. The van der Waals surface area contributed by atoms with Gasteiger partial charge in [-0.3, -0.25) is 9.59 Å². The van der Waals surface area contributed by atoms with E-state index >= 15 is 0 Å². The molecule has 1 fully saturated rings. The smallest absolute Gasteiger partial charge is 0.248 e. The van der Waals surface area contributed by atoms with Gasteiger partial charge in [0.25, 0.3) is 0 Å². The highest BCUT2D eigenvalue weighted by Crippen LogP contribution is 2.32. The van der Waals surface area contributed by atoms with Crippen molar-refractivity contribution >= 4 is 23.2 Å². The molecule has 8 heteroatoms. The van der Waals surface area contributed by atoms with Crippen LogP contribution in [0.3, 0.4) is 0 Å². The molecule has 0 aliphatic carbocycles. The number of primary amides is 1. The predicted molar refractivity (Wildman–Crippen MR) is 124 cm³/mol. The van der Waals surface area contributed by atoms with Crippen LogP contribution in [0.25, 0.3) is 10.6 Å². The van der Waals surface area contributed by atoms with Crippen LogP contribution in [0.2, 0.25) is 0 Å². The highest BCUT2D eigenvalue weighted by molar-refractivity contribution is 7.14. The van der Waals surface area contributed by atoms with Crippen LogP contribution >= 0.6 is 11.3 Å². The zero-order valence-electron chi connectivity index (χ0n) is 18.4. The van der Waals surface area contributed by atoms with Crippen LogP contribution < -0.4 is 10.5 Å². The van der Waals surface area contributed by atoms with Gasteiger partial charge in [0.1, 0.15) is 21.5 Å². The Balaban J connectivity index is 1.57. The minimum atomic E-state index is -0.528. The number of nitrogens with two attached hydrogens (primary N) is 1. The van der Waals surface area contributed by atoms with Crippen molar-refractivity contribution < 1.29 is 14.3 Å². The van der Waals surface area contributed by atoms with E-state index in [-0.39, 0.29) is 5.91 Å². The second-order valence-electron chi connectivity index (χ2n) is 8.50. The predicted octanol–water partition coefficient (Wildman–Crippen LogP) is 4.59. The lowest BCUT2D eigenvalue weighted by molar-refractivity contribution is -0.128. The number of benzene rings is 2. The van der Waals surface area contributed by atoms with Gasteiger partial charge in [0, 0.05) is 42.1 Å². The molecule has 32 heavy (non-hydrogen) atoms. The van der Waals surface area contributed by atoms with Crippen molar-refractivity contribution in [2.24, 2.45) is 11.7 Å². The molecule has 2 aromatic carbocycles. The number of carbonyl (C=O) groups excluding carboxylic acids is 2. The van der Waals surface area contributed by atoms with Crippen LogP contribution in [-0.4, -0.2) is 33.5 Å². The van der Waals surface area contributed by atoms with Gasteiger partial charge < -0.3 is 15.4 Å². The minimum Gasteiger partial charge on any atom is -0.457 e. The van der Waals surface area contributed by atoms with Gasteiger partial charge in [-0.15, -0.1) is 10.2 Å². The molecule has 0 spiro atoms. The highest BCUT2D eigenvalue weighted by Gasteiger charge is 2.27. The van der Waals surface area contributed by atoms with E-state index in [2.05, 4.69) is 31.0 Å². The van der Waals surface area contributed by atoms with E-state index in [1.165, 1.54) is 0 Å². The molecule has 1 aromatic heterocycles. The van der Waals surface area contributed by atoms with Gasteiger partial charge in [-0.25, -0.2) is 0 Å². The first-order valence-corrected chi connectivity index (χ1v) is 11.4. The molecule has 7 nitrogen and oxygen atoms in total. The number of hydrogen-bond acceptors (Lipinski definition) is 6. The Kier molecular flexibility index (Phi) is 6.23. The monoisotopic (exact) mass is 450 g/mol. The Hall–Kier alpha value is -3.26. The minimum absolute atomic E-state index is 0.129. The summed E-state index contributed by atoms with van der Waals surface area (Å²) in [6.45, 7) is 7.39. The summed E-state index contributed by atoms with van der Waals surface area (Å²) in [6, 6.07) is 12.7. The molecule has 1 aliphatic rings. The van der Waals surface area contributed by atoms with E-state index in [4.69, 9.17) is 10.5 Å². The van der Waals surface area contributed by atoms with E-state index in [0.29, 0.717) is 48.4 Å². The summed E-state index contributed by atoms with van der Waals surface area (Å²) in [4.78, 5) is 25.8. The molecule has 1 aliphatic heterocycles. The van der Waals surface area contributed by atoms with Crippen molar-refractivity contribution in [2.75, 3.05) is 6.54 Å². The largest absolute Gasteiger partial charge is 0.457 e. The average molecular weight is 451 g/mol. The van der Waals surface area contributed by atoms with Crippen LogP contribution in [0.1, 0.15) is 54.0 Å². The van der Waals surface area contributed by atoms with Crippen LogP contribution in [0.4, 0.5) is 0 Å². The lowest BCUT2D eigenvalue weighted by Crippen LogP contribution is -2.24. The Morgan fingerprint density at radius 3 is 2.56 bits per heavy atom. The van der Waals surface area contributed by atoms with Gasteiger partial charge in [0.05, 0.1) is 0 Å². The fraction of sp³-hybridized carbons (Fsp3) is 0.333. The first kappa shape index (κ1) is 22.0. The first-order valence-electron chi connectivity index (χ1n) is 10.6. The molecule has 1 atom stereocenters. The van der Waals surface area contributed by atoms with E-state index < -0.39 is 5.91 Å². The number of amides is 2. The Bertz CT molecular complexity index is 1140. The maximum absolute atomic E-state index is 12.3. The molecular weight excluding hydrogens is 424 g/mol. The highest BCUT2D eigenvalue weighted by atomic mass is 32.1. The summed E-state index contributed by atoms with van der Waals surface area (Å²) in [5, 5.41) is 10.4. The molecule has 2 heterocycles. The molecule has 0 radical (unpaired) electrons. The standard InChI is InChI=1S/C24H26N4O3S/c1-14(2)23-26-27-24(32-23)16-6-8-19(9-7-16)31-20-11-17(22(25)30)4-5-18(20)13-28-12-15(3)10-21(28)29/h4-9,11,14-15H,10,12-13H2,1-3H3,(H2,25,30)/t15-/m0/s1. The Morgan fingerprint density at radius 1 is 1.22 bits per heavy atom. The molecule has 4 rings (SSSR count). The Morgan fingerprint density at radius 2 is 1.97 bits per heavy atom. The van der Waals surface area contributed by atoms with Gasteiger partial charge in [-0.1, -0.05) is 38.2 Å². The SMILES string of the molecule is CC(C)c1nnc(-c2ccc(Oc3cc(C(N)=O)ccc3CN3C[C@@H](C)CC3=O)cc2)s1. The van der Waals surface area contributed by atoms with Gasteiger partial charge in [-0.05, 0) is 42.3 Å². The van der Waals surface area contributed by atoms with E-state index in [0.717, 1.165) is 21.1 Å². The van der Waals surface area contributed by atoms with Crippen molar-refractivity contribution in [2.45, 2.75) is 39.7 Å². The van der Waals surface area contributed by atoms with E-state index in [1.807, 2.05) is 29.2 Å². The summed E-state index contributed by atoms with van der Waals surface area (Å²) in [5.41, 5.74) is 7.61. The number of rotatable bonds is 7. The van der Waals surface area contributed by atoms with Crippen molar-refractivity contribution in [1.82, 2.24) is 15.1 Å². The number of ether oxygens (including phenoxy) is 1. The quantitative estimate of drug-likeness (QED) is 0.568. The summed E-state index contributed by atoms with van der Waals surface area (Å²) in [7, 11) is 0. The molecule has 2 amide bonds. The molecule has 0 saturated carbocycles. The molecule has 3 aromatic rings. The topological polar surface area (TPSA) is 98.4 Å². The second-order valence-corrected chi connectivity index (χ2v) is 9.51. The first-order chi connectivity index (χ1) is 15.3. The molecule has 166 valence electrons. The summed E-state index contributed by atoms with van der Waals surface area (Å²) >= 11 is 1.58. The summed E-state index contributed by atoms with van der Waals surface area (Å²) in [6.07, 6.45) is 0.557. The zero-order valence-corrected chi connectivity index (χ0v) is 19.2. The van der Waals surface area contributed by atoms with Crippen molar-refractivity contribution in [1.29, 1.82) is 0 Å². The fourth-order valence-corrected chi connectivity index (χ4v) is 4.49. The Labute approximate surface area is 191 Å². The van der Waals surface area contributed by atoms with Crippen LogP contribution in [0, 0.1) is 5.92 Å². The lowest BCUT2D eigenvalue weighted by Gasteiger charge is -2.19. The van der Waals surface area contributed by atoms with Crippen molar-refractivity contribution in [3.8, 4) is 22.1 Å². The number of aromatic nitrogens is 2. The molecular formula is C24H26N4O3S. The maximum atomic E-state index is 12.3. The third kappa shape index (κ3) is 4.80. The molecule has 0 unspecified atom stereocenters. The number of likely N-dealkylation sites (tertiary alicyclic amines) is 1. The van der Waals surface area contributed by atoms with Crippen molar-refractivity contribution in [3.63, 3.8) is 0 Å². The normalized spacial score (nSPS) is 16.1. The number of carbonyl (C=O) groups is 2. The van der Waals surface area contributed by atoms with Crippen LogP contribution in [0.15, 0.2) is 42.5 Å². The molecule has 1 saturated heterocycles. The van der Waals surface area contributed by atoms with Gasteiger partial charge in [0.2, 0.25) is 11.8 Å². The van der Waals surface area contributed by atoms with Crippen LogP contribution in [0.5, 0.6) is 11.5 Å². The van der Waals surface area contributed by atoms with Gasteiger partial charge in [-0.2, -0.15) is 0 Å². The maximum Gasteiger partial charge on any atom is 0.248 e. The molecule has 0 bridgehead atoms. The average Bonchev–Trinajstić information content (AvgIpc) is 3.36. The van der Waals surface area contributed by atoms with Crippen molar-refractivity contribution in [3.05, 3.63) is 58.6 Å². The third-order valence-corrected chi connectivity index (χ3v) is 6.66. The fourth-order valence-electron chi connectivity index (χ4n) is 3.64. The lowest BCUT2D eigenvalue weighted by atomic mass is 10.1. The van der Waals surface area contributed by atoms with E-state index in [1.54, 1.807) is 29.5 Å². The zero-order chi connectivity index (χ0) is 22.8. The summed E-state index contributed by atoms with van der Waals surface area (Å²) < 4.78 is 6.13.